The van der Waals surface area contributed by atoms with E-state index in [9.17, 15) is 4.79 Å². The van der Waals surface area contributed by atoms with Gasteiger partial charge < -0.3 is 15.2 Å². The van der Waals surface area contributed by atoms with Crippen molar-refractivity contribution in [3.05, 3.63) is 41.5 Å². The number of benzene rings is 1. The Morgan fingerprint density at radius 3 is 2.86 bits per heavy atom. The predicted octanol–water partition coefficient (Wildman–Crippen LogP) is 3.31. The first-order valence-electron chi connectivity index (χ1n) is 10.4. The van der Waals surface area contributed by atoms with Crippen LogP contribution in [-0.4, -0.2) is 38.8 Å². The first kappa shape index (κ1) is 18.9. The van der Waals surface area contributed by atoms with Gasteiger partial charge in [0.05, 0.1) is 6.54 Å². The van der Waals surface area contributed by atoms with E-state index in [0.29, 0.717) is 12.6 Å². The number of nitrogens with zero attached hydrogens (tertiary/aromatic N) is 4. The molecule has 28 heavy (non-hydrogen) atoms. The van der Waals surface area contributed by atoms with E-state index < -0.39 is 0 Å². The van der Waals surface area contributed by atoms with Crippen molar-refractivity contribution < 1.29 is 4.79 Å². The third-order valence-corrected chi connectivity index (χ3v) is 5.98. The number of aryl methyl sites for hydroxylation is 1. The molecular weight excluding hydrogens is 352 g/mol. The Labute approximate surface area is 166 Å². The lowest BCUT2D eigenvalue weighted by Gasteiger charge is -2.31. The summed E-state index contributed by atoms with van der Waals surface area (Å²) in [5.74, 6) is 1.85. The van der Waals surface area contributed by atoms with Gasteiger partial charge in [0, 0.05) is 31.2 Å². The van der Waals surface area contributed by atoms with Gasteiger partial charge in [-0.25, -0.2) is 4.79 Å². The van der Waals surface area contributed by atoms with Gasteiger partial charge in [-0.05, 0) is 37.9 Å². The highest BCUT2D eigenvalue weighted by Crippen LogP contribution is 2.25. The van der Waals surface area contributed by atoms with Crippen molar-refractivity contribution in [1.29, 1.82) is 0 Å². The van der Waals surface area contributed by atoms with Crippen molar-refractivity contribution in [1.82, 2.24) is 25.0 Å². The number of nitrogens with one attached hydrogen (secondary N) is 2. The summed E-state index contributed by atoms with van der Waals surface area (Å²) < 4.78 is 2.10. The Balaban J connectivity index is 1.34. The number of anilines is 1. The minimum absolute atomic E-state index is 0.205. The smallest absolute Gasteiger partial charge is 0.319 e. The number of hydrogen-bond acceptors (Lipinski definition) is 4. The number of para-hydroxylation sites is 1. The maximum absolute atomic E-state index is 12.5. The van der Waals surface area contributed by atoms with Gasteiger partial charge in [-0.2, -0.15) is 0 Å². The fraction of sp³-hybridized carbons (Fsp3) is 0.571. The molecule has 1 aromatic heterocycles. The number of hydrogen-bond donors (Lipinski definition) is 2. The number of aromatic nitrogens is 3. The molecular formula is C21H30N6O. The highest BCUT2D eigenvalue weighted by molar-refractivity contribution is 5.90. The van der Waals surface area contributed by atoms with Crippen molar-refractivity contribution in [2.24, 2.45) is 0 Å². The average Bonchev–Trinajstić information content (AvgIpc) is 3.33. The number of carbonyl (C=O) groups is 1. The van der Waals surface area contributed by atoms with Gasteiger partial charge in [-0.3, -0.25) is 4.90 Å². The quantitative estimate of drug-likeness (QED) is 0.804. The summed E-state index contributed by atoms with van der Waals surface area (Å²) in [4.78, 5) is 14.9. The van der Waals surface area contributed by atoms with Crippen LogP contribution in [-0.2, 0) is 26.1 Å². The molecule has 150 valence electrons. The highest BCUT2D eigenvalue weighted by Gasteiger charge is 2.20. The Hall–Kier alpha value is -2.41. The molecule has 2 amide bonds. The summed E-state index contributed by atoms with van der Waals surface area (Å²) in [6, 6.07) is 8.50. The first-order chi connectivity index (χ1) is 13.7. The molecule has 2 N–H and O–H groups in total. The largest absolute Gasteiger partial charge is 0.331 e. The van der Waals surface area contributed by atoms with E-state index in [1.54, 1.807) is 0 Å². The number of rotatable bonds is 6. The van der Waals surface area contributed by atoms with Gasteiger partial charge in [-0.15, -0.1) is 10.2 Å². The highest BCUT2D eigenvalue weighted by atomic mass is 16.2. The topological polar surface area (TPSA) is 75.1 Å². The first-order valence-corrected chi connectivity index (χ1v) is 10.4. The fourth-order valence-electron chi connectivity index (χ4n) is 4.37. The average molecular weight is 383 g/mol. The van der Waals surface area contributed by atoms with Crippen molar-refractivity contribution in [3.8, 4) is 0 Å². The van der Waals surface area contributed by atoms with Crippen LogP contribution >= 0.6 is 0 Å². The Morgan fingerprint density at radius 1 is 1.18 bits per heavy atom. The predicted molar refractivity (Wildman–Crippen MR) is 109 cm³/mol. The Kier molecular flexibility index (Phi) is 5.90. The van der Waals surface area contributed by atoms with Crippen LogP contribution in [0.2, 0.25) is 0 Å². The summed E-state index contributed by atoms with van der Waals surface area (Å²) in [6.07, 6.45) is 8.63. The van der Waals surface area contributed by atoms with Crippen molar-refractivity contribution >= 4 is 11.7 Å². The van der Waals surface area contributed by atoms with Crippen LogP contribution in [0, 0.1) is 0 Å². The molecule has 4 rings (SSSR count). The van der Waals surface area contributed by atoms with Crippen LogP contribution < -0.4 is 10.6 Å². The number of carbonyl (C=O) groups excluding carboxylic acids is 1. The van der Waals surface area contributed by atoms with E-state index >= 15 is 0 Å². The lowest BCUT2D eigenvalue weighted by Crippen LogP contribution is -2.34. The molecule has 7 nitrogen and oxygen atoms in total. The normalized spacial score (nSPS) is 16.9. The molecule has 0 unspecified atom stereocenters. The molecule has 1 fully saturated rings. The van der Waals surface area contributed by atoms with Crippen LogP contribution in [0.5, 0.6) is 0 Å². The van der Waals surface area contributed by atoms with Gasteiger partial charge >= 0.3 is 6.03 Å². The second kappa shape index (κ2) is 8.73. The summed E-state index contributed by atoms with van der Waals surface area (Å²) in [7, 11) is 2.19. The molecule has 2 aromatic rings. The molecule has 0 atom stereocenters. The van der Waals surface area contributed by atoms with E-state index in [1.165, 1.54) is 32.1 Å². The maximum atomic E-state index is 12.5. The molecule has 7 heteroatoms. The van der Waals surface area contributed by atoms with Gasteiger partial charge in [0.25, 0.3) is 0 Å². The third-order valence-electron chi connectivity index (χ3n) is 5.98. The SMILES string of the molecule is CN(Cc1ccccc1NC(=O)NCc1nnc2n1CCC2)C1CCCCC1. The van der Waals surface area contributed by atoms with Crippen LogP contribution in [0.1, 0.15) is 55.7 Å². The minimum atomic E-state index is -0.205. The zero-order chi connectivity index (χ0) is 19.3. The molecule has 1 aliphatic carbocycles. The number of urea groups is 1. The molecule has 2 aliphatic rings. The zero-order valence-corrected chi connectivity index (χ0v) is 16.7. The van der Waals surface area contributed by atoms with Gasteiger partial charge in [-0.1, -0.05) is 37.5 Å². The van der Waals surface area contributed by atoms with E-state index in [2.05, 4.69) is 43.4 Å². The minimum Gasteiger partial charge on any atom is -0.331 e. The molecule has 0 spiro atoms. The van der Waals surface area contributed by atoms with Crippen LogP contribution in [0.15, 0.2) is 24.3 Å². The molecule has 2 heterocycles. The second-order valence-electron chi connectivity index (χ2n) is 7.96. The molecule has 1 saturated carbocycles. The van der Waals surface area contributed by atoms with E-state index in [4.69, 9.17) is 0 Å². The Morgan fingerprint density at radius 2 is 2.00 bits per heavy atom. The van der Waals surface area contributed by atoms with Crippen molar-refractivity contribution in [2.75, 3.05) is 12.4 Å². The summed E-state index contributed by atoms with van der Waals surface area (Å²) in [5.41, 5.74) is 2.02. The van der Waals surface area contributed by atoms with E-state index in [-0.39, 0.29) is 6.03 Å². The molecule has 0 radical (unpaired) electrons. The van der Waals surface area contributed by atoms with Crippen molar-refractivity contribution in [3.63, 3.8) is 0 Å². The number of amides is 2. The van der Waals surface area contributed by atoms with Gasteiger partial charge in [0.1, 0.15) is 5.82 Å². The van der Waals surface area contributed by atoms with Crippen LogP contribution in [0.3, 0.4) is 0 Å². The molecule has 1 aromatic carbocycles. The third kappa shape index (κ3) is 4.35. The van der Waals surface area contributed by atoms with E-state index in [1.807, 2.05) is 18.2 Å². The fourth-order valence-corrected chi connectivity index (χ4v) is 4.37. The molecule has 1 aliphatic heterocycles. The monoisotopic (exact) mass is 382 g/mol. The van der Waals surface area contributed by atoms with Gasteiger partial charge in [0.15, 0.2) is 5.82 Å². The second-order valence-corrected chi connectivity index (χ2v) is 7.96. The summed E-state index contributed by atoms with van der Waals surface area (Å²) in [5, 5.41) is 14.3. The lowest BCUT2D eigenvalue weighted by molar-refractivity contribution is 0.185. The van der Waals surface area contributed by atoms with Crippen LogP contribution in [0.25, 0.3) is 0 Å². The molecule has 0 bridgehead atoms. The standard InChI is InChI=1S/C21H30N6O/c1-26(17-9-3-2-4-10-17)15-16-8-5-6-11-18(16)23-21(28)22-14-20-25-24-19-12-7-13-27(19)20/h5-6,8,11,17H,2-4,7,9-10,12-15H2,1H3,(H2,22,23,28). The maximum Gasteiger partial charge on any atom is 0.319 e. The Bertz CT molecular complexity index is 811. The zero-order valence-electron chi connectivity index (χ0n) is 16.7. The van der Waals surface area contributed by atoms with Crippen LogP contribution in [0.4, 0.5) is 10.5 Å². The number of fused-ring (bicyclic) bond motifs is 1. The van der Waals surface area contributed by atoms with Crippen molar-refractivity contribution in [2.45, 2.75) is 70.6 Å². The summed E-state index contributed by atoms with van der Waals surface area (Å²) in [6.45, 7) is 2.18. The van der Waals surface area contributed by atoms with E-state index in [0.717, 1.165) is 48.8 Å². The lowest BCUT2D eigenvalue weighted by atomic mass is 9.94. The molecule has 0 saturated heterocycles. The summed E-state index contributed by atoms with van der Waals surface area (Å²) >= 11 is 0. The van der Waals surface area contributed by atoms with Gasteiger partial charge in [0.2, 0.25) is 0 Å².